The number of aromatic nitrogens is 1. The lowest BCUT2D eigenvalue weighted by Gasteiger charge is -2.01. The van der Waals surface area contributed by atoms with E-state index in [1.165, 1.54) is 0 Å². The number of nitrogens with two attached hydrogens (primary N) is 1. The first kappa shape index (κ1) is 11.5. The maximum atomic E-state index is 7.20. The highest BCUT2D eigenvalue weighted by atomic mass is 35.5. The Morgan fingerprint density at radius 2 is 2.13 bits per heavy atom. The van der Waals surface area contributed by atoms with Crippen LogP contribution in [0.2, 0.25) is 0 Å². The maximum absolute atomic E-state index is 7.20. The molecule has 78 valence electrons. The predicted octanol–water partition coefficient (Wildman–Crippen LogP) is 2.14. The summed E-state index contributed by atoms with van der Waals surface area (Å²) >= 11 is 0. The molecule has 0 spiro atoms. The van der Waals surface area contributed by atoms with Crippen molar-refractivity contribution < 1.29 is 0 Å². The van der Waals surface area contributed by atoms with Crippen molar-refractivity contribution >= 4 is 29.1 Å². The van der Waals surface area contributed by atoms with E-state index in [1.807, 2.05) is 30.3 Å². The highest BCUT2D eigenvalue weighted by Crippen LogP contribution is 2.13. The molecule has 0 aliphatic carbocycles. The number of hydrogen-bond acceptors (Lipinski definition) is 2. The van der Waals surface area contributed by atoms with E-state index in [4.69, 9.17) is 11.1 Å². The van der Waals surface area contributed by atoms with E-state index in [0.717, 1.165) is 16.5 Å². The summed E-state index contributed by atoms with van der Waals surface area (Å²) in [5, 5.41) is 8.29. The molecule has 0 bridgehead atoms. The zero-order valence-electron chi connectivity index (χ0n) is 8.10. The van der Waals surface area contributed by atoms with E-state index in [9.17, 15) is 0 Å². The summed E-state index contributed by atoms with van der Waals surface area (Å²) in [7, 11) is 0. The molecule has 0 saturated heterocycles. The summed E-state index contributed by atoms with van der Waals surface area (Å²) in [6.07, 6.45) is 2.28. The maximum Gasteiger partial charge on any atom is 0.0950 e. The van der Waals surface area contributed by atoms with Crippen molar-refractivity contribution in [2.45, 2.75) is 6.42 Å². The largest absolute Gasteiger partial charge is 0.387 e. The number of halogens is 1. The smallest absolute Gasteiger partial charge is 0.0950 e. The lowest BCUT2D eigenvalue weighted by molar-refractivity contribution is 1.25. The van der Waals surface area contributed by atoms with Gasteiger partial charge in [-0.3, -0.25) is 10.4 Å². The third-order valence-corrected chi connectivity index (χ3v) is 2.06. The fourth-order valence-corrected chi connectivity index (χ4v) is 1.45. The third-order valence-electron chi connectivity index (χ3n) is 2.06. The molecule has 0 amide bonds. The van der Waals surface area contributed by atoms with Gasteiger partial charge in [0.25, 0.3) is 0 Å². The van der Waals surface area contributed by atoms with Gasteiger partial charge in [-0.1, -0.05) is 12.1 Å². The van der Waals surface area contributed by atoms with Crippen LogP contribution in [-0.4, -0.2) is 10.8 Å². The summed E-state index contributed by atoms with van der Waals surface area (Å²) in [4.78, 5) is 4.22. The number of fused-ring (bicyclic) bond motifs is 1. The topological polar surface area (TPSA) is 62.8 Å². The van der Waals surface area contributed by atoms with E-state index >= 15 is 0 Å². The number of benzene rings is 1. The van der Waals surface area contributed by atoms with Crippen LogP contribution in [0.1, 0.15) is 5.56 Å². The molecule has 3 nitrogen and oxygen atoms in total. The lowest BCUT2D eigenvalue weighted by atomic mass is 10.1. The molecule has 0 radical (unpaired) electrons. The summed E-state index contributed by atoms with van der Waals surface area (Å²) in [5.41, 5.74) is 7.36. The highest BCUT2D eigenvalue weighted by molar-refractivity contribution is 5.85. The van der Waals surface area contributed by atoms with E-state index in [0.29, 0.717) is 6.42 Å². The van der Waals surface area contributed by atoms with Crippen LogP contribution in [0.5, 0.6) is 0 Å². The Labute approximate surface area is 94.2 Å². The van der Waals surface area contributed by atoms with Crippen LogP contribution in [0, 0.1) is 5.41 Å². The second-order valence-electron chi connectivity index (χ2n) is 3.23. The number of rotatable bonds is 2. The fraction of sp³-hybridized carbons (Fsp3) is 0.0909. The second kappa shape index (κ2) is 4.75. The number of pyridine rings is 1. The quantitative estimate of drug-likeness (QED) is 0.603. The van der Waals surface area contributed by atoms with Crippen molar-refractivity contribution in [1.82, 2.24) is 4.98 Å². The molecule has 15 heavy (non-hydrogen) atoms. The highest BCUT2D eigenvalue weighted by Gasteiger charge is 1.97. The third kappa shape index (κ3) is 2.67. The first-order valence-electron chi connectivity index (χ1n) is 4.42. The average Bonchev–Trinajstić information content (AvgIpc) is 2.17. The zero-order valence-corrected chi connectivity index (χ0v) is 8.92. The van der Waals surface area contributed by atoms with Crippen LogP contribution >= 0.6 is 12.4 Å². The Morgan fingerprint density at radius 1 is 1.33 bits per heavy atom. The lowest BCUT2D eigenvalue weighted by Crippen LogP contribution is -2.12. The monoisotopic (exact) mass is 221 g/mol. The number of amidine groups is 1. The van der Waals surface area contributed by atoms with Gasteiger partial charge in [0, 0.05) is 18.0 Å². The van der Waals surface area contributed by atoms with Crippen molar-refractivity contribution in [1.29, 1.82) is 5.41 Å². The van der Waals surface area contributed by atoms with Gasteiger partial charge in [-0.25, -0.2) is 0 Å². The van der Waals surface area contributed by atoms with Crippen molar-refractivity contribution in [3.8, 4) is 0 Å². The van der Waals surface area contributed by atoms with Gasteiger partial charge in [-0.05, 0) is 23.8 Å². The molecule has 0 atom stereocenters. The standard InChI is InChI=1S/C11H11N3.ClH/c12-11(13)7-8-3-4-10-9(6-8)2-1-5-14-10;/h1-6H,7H2,(H3,12,13);1H. The summed E-state index contributed by atoms with van der Waals surface area (Å²) in [6.45, 7) is 0. The molecule has 0 unspecified atom stereocenters. The van der Waals surface area contributed by atoms with Gasteiger partial charge in [0.05, 0.1) is 11.4 Å². The van der Waals surface area contributed by atoms with Gasteiger partial charge in [-0.2, -0.15) is 0 Å². The Kier molecular flexibility index (Phi) is 3.63. The van der Waals surface area contributed by atoms with Gasteiger partial charge in [0.15, 0.2) is 0 Å². The summed E-state index contributed by atoms with van der Waals surface area (Å²) in [6, 6.07) is 9.83. The zero-order chi connectivity index (χ0) is 9.97. The second-order valence-corrected chi connectivity index (χ2v) is 3.23. The van der Waals surface area contributed by atoms with Gasteiger partial charge in [0.2, 0.25) is 0 Å². The van der Waals surface area contributed by atoms with E-state index in [-0.39, 0.29) is 18.2 Å². The van der Waals surface area contributed by atoms with Crippen molar-refractivity contribution in [3.05, 3.63) is 42.1 Å². The Balaban J connectivity index is 0.00000112. The Hall–Kier alpha value is -1.61. The molecule has 0 fully saturated rings. The summed E-state index contributed by atoms with van der Waals surface area (Å²) < 4.78 is 0. The Morgan fingerprint density at radius 3 is 2.87 bits per heavy atom. The van der Waals surface area contributed by atoms with Crippen LogP contribution in [0.3, 0.4) is 0 Å². The SMILES string of the molecule is Cl.N=C(N)Cc1ccc2ncccc2c1. The van der Waals surface area contributed by atoms with Crippen LogP contribution in [0.25, 0.3) is 10.9 Å². The minimum Gasteiger partial charge on any atom is -0.387 e. The minimum atomic E-state index is 0. The van der Waals surface area contributed by atoms with Gasteiger partial charge in [-0.15, -0.1) is 12.4 Å². The van der Waals surface area contributed by atoms with E-state index in [2.05, 4.69) is 4.98 Å². The molecule has 4 heteroatoms. The van der Waals surface area contributed by atoms with Gasteiger partial charge in [0.1, 0.15) is 0 Å². The molecule has 1 aromatic heterocycles. The average molecular weight is 222 g/mol. The fourth-order valence-electron chi connectivity index (χ4n) is 1.45. The molecule has 2 rings (SSSR count). The molecule has 0 aliphatic rings. The Bertz CT molecular complexity index is 482. The van der Waals surface area contributed by atoms with Crippen LogP contribution < -0.4 is 5.73 Å². The molecule has 1 aromatic carbocycles. The molecule has 1 heterocycles. The predicted molar refractivity (Wildman–Crippen MR) is 64.6 cm³/mol. The van der Waals surface area contributed by atoms with Crippen LogP contribution in [0.4, 0.5) is 0 Å². The molecular weight excluding hydrogens is 210 g/mol. The van der Waals surface area contributed by atoms with Crippen LogP contribution in [0.15, 0.2) is 36.5 Å². The molecule has 0 aliphatic heterocycles. The first-order chi connectivity index (χ1) is 6.75. The number of nitrogens with one attached hydrogen (secondary N) is 1. The number of hydrogen-bond donors (Lipinski definition) is 2. The van der Waals surface area contributed by atoms with E-state index in [1.54, 1.807) is 6.20 Å². The minimum absolute atomic E-state index is 0. The van der Waals surface area contributed by atoms with Crippen molar-refractivity contribution in [2.24, 2.45) is 5.73 Å². The molecule has 0 saturated carbocycles. The van der Waals surface area contributed by atoms with Gasteiger partial charge >= 0.3 is 0 Å². The normalized spacial score (nSPS) is 9.60. The number of nitrogens with zero attached hydrogens (tertiary/aromatic N) is 1. The van der Waals surface area contributed by atoms with Crippen molar-refractivity contribution in [2.75, 3.05) is 0 Å². The molecule has 2 aromatic rings. The van der Waals surface area contributed by atoms with Gasteiger partial charge < -0.3 is 5.73 Å². The first-order valence-corrected chi connectivity index (χ1v) is 4.42. The molecular formula is C11H12ClN3. The summed E-state index contributed by atoms with van der Waals surface area (Å²) in [5.74, 6) is 0.188. The molecule has 3 N–H and O–H groups in total. The van der Waals surface area contributed by atoms with E-state index < -0.39 is 0 Å². The van der Waals surface area contributed by atoms with Crippen molar-refractivity contribution in [3.63, 3.8) is 0 Å². The van der Waals surface area contributed by atoms with Crippen LogP contribution in [-0.2, 0) is 6.42 Å².